The van der Waals surface area contributed by atoms with Crippen molar-refractivity contribution in [3.63, 3.8) is 0 Å². The smallest absolute Gasteiger partial charge is 0.338 e. The van der Waals surface area contributed by atoms with Crippen molar-refractivity contribution in [1.82, 2.24) is 0 Å². The second kappa shape index (κ2) is 17.1. The first kappa shape index (κ1) is 30.6. The van der Waals surface area contributed by atoms with Gasteiger partial charge in [0.2, 0.25) is 0 Å². The van der Waals surface area contributed by atoms with Crippen molar-refractivity contribution in [2.45, 2.75) is 40.0 Å². The number of benzene rings is 1. The van der Waals surface area contributed by atoms with Crippen LogP contribution in [0.2, 0.25) is 0 Å². The number of rotatable bonds is 19. The Morgan fingerprint density at radius 1 is 0.639 bits per heavy atom. The number of esters is 2. The molecule has 0 radical (unpaired) electrons. The molecule has 0 unspecified atom stereocenters. The Morgan fingerprint density at radius 3 is 1.67 bits per heavy atom. The minimum atomic E-state index is -0.712. The van der Waals surface area contributed by atoms with E-state index in [9.17, 15) is 14.4 Å². The zero-order valence-corrected chi connectivity index (χ0v) is 21.4. The summed E-state index contributed by atoms with van der Waals surface area (Å²) in [5, 5.41) is 0. The van der Waals surface area contributed by atoms with Crippen molar-refractivity contribution >= 4 is 17.7 Å². The quantitative estimate of drug-likeness (QED) is 0.0644. The third kappa shape index (κ3) is 13.5. The van der Waals surface area contributed by atoms with Crippen LogP contribution < -0.4 is 0 Å². The van der Waals surface area contributed by atoms with Crippen LogP contribution in [0, 0.1) is 0 Å². The molecule has 0 aliphatic carbocycles. The highest BCUT2D eigenvalue weighted by molar-refractivity contribution is 6.03. The van der Waals surface area contributed by atoms with E-state index in [2.05, 4.69) is 19.7 Å². The van der Waals surface area contributed by atoms with Gasteiger partial charge in [0.15, 0.2) is 19.4 Å². The summed E-state index contributed by atoms with van der Waals surface area (Å²) < 4.78 is 31.1. The minimum absolute atomic E-state index is 0.0156. The molecule has 0 saturated heterocycles. The number of carbonyl (C=O) groups excluding carboxylic acids is 3. The van der Waals surface area contributed by atoms with Gasteiger partial charge in [-0.1, -0.05) is 18.7 Å². The van der Waals surface area contributed by atoms with Gasteiger partial charge in [0.05, 0.1) is 42.5 Å². The standard InChI is InChI=1S/C27H36O9/c1-19(2)8-7-10-33-26(29)23-14-22(25(28)9-11-31-17-35-20(3)4)15-24(16-23)27(30)34-13-12-32-18-36-21(5)6/h14-16H,1,3,5,7-13,17-18H2,2,4,6H3. The lowest BCUT2D eigenvalue weighted by molar-refractivity contribution is -0.0387. The number of ether oxygens (including phenoxy) is 6. The van der Waals surface area contributed by atoms with Gasteiger partial charge in [0.25, 0.3) is 0 Å². The monoisotopic (exact) mass is 504 g/mol. The lowest BCUT2D eigenvalue weighted by atomic mass is 10.0. The van der Waals surface area contributed by atoms with Crippen LogP contribution in [0.4, 0.5) is 0 Å². The maximum absolute atomic E-state index is 12.7. The fourth-order valence-electron chi connectivity index (χ4n) is 2.63. The second-order valence-corrected chi connectivity index (χ2v) is 8.05. The molecule has 0 N–H and O–H groups in total. The van der Waals surface area contributed by atoms with Gasteiger partial charge in [-0.3, -0.25) is 4.79 Å². The number of carbonyl (C=O) groups is 3. The maximum Gasteiger partial charge on any atom is 0.338 e. The summed E-state index contributed by atoms with van der Waals surface area (Å²) in [5.41, 5.74) is 1.25. The van der Waals surface area contributed by atoms with Crippen LogP contribution in [0.3, 0.4) is 0 Å². The van der Waals surface area contributed by atoms with Gasteiger partial charge in [-0.05, 0) is 51.8 Å². The minimum Gasteiger partial charge on any atom is -0.473 e. The van der Waals surface area contributed by atoms with Crippen molar-refractivity contribution in [2.24, 2.45) is 0 Å². The third-order valence-corrected chi connectivity index (χ3v) is 4.42. The normalized spacial score (nSPS) is 10.3. The zero-order chi connectivity index (χ0) is 26.9. The molecule has 0 fully saturated rings. The Morgan fingerprint density at radius 2 is 1.14 bits per heavy atom. The van der Waals surface area contributed by atoms with Crippen LogP contribution in [0.15, 0.2) is 55.0 Å². The average Bonchev–Trinajstić information content (AvgIpc) is 2.82. The van der Waals surface area contributed by atoms with E-state index >= 15 is 0 Å². The Labute approximate surface area is 212 Å². The first-order valence-electron chi connectivity index (χ1n) is 11.5. The second-order valence-electron chi connectivity index (χ2n) is 8.05. The molecule has 0 saturated carbocycles. The molecule has 0 atom stereocenters. The maximum atomic E-state index is 12.7. The van der Waals surface area contributed by atoms with Crippen LogP contribution in [-0.2, 0) is 28.4 Å². The first-order chi connectivity index (χ1) is 17.1. The zero-order valence-electron chi connectivity index (χ0n) is 21.4. The fraction of sp³-hybridized carbons (Fsp3) is 0.444. The number of ketones is 1. The Bertz CT molecular complexity index is 933. The average molecular weight is 505 g/mol. The Hall–Kier alpha value is -3.43. The van der Waals surface area contributed by atoms with E-state index in [4.69, 9.17) is 28.4 Å². The van der Waals surface area contributed by atoms with Gasteiger partial charge in [0, 0.05) is 12.0 Å². The molecular weight excluding hydrogens is 468 g/mol. The molecule has 198 valence electrons. The molecule has 1 aromatic carbocycles. The summed E-state index contributed by atoms with van der Waals surface area (Å²) in [6.45, 7) is 16.5. The molecule has 1 rings (SSSR count). The van der Waals surface area contributed by atoms with E-state index in [0.29, 0.717) is 17.9 Å². The Balaban J connectivity index is 2.84. The topological polar surface area (TPSA) is 107 Å². The lowest BCUT2D eigenvalue weighted by Gasteiger charge is -2.11. The summed E-state index contributed by atoms with van der Waals surface area (Å²) in [6, 6.07) is 4.10. The molecular formula is C27H36O9. The lowest BCUT2D eigenvalue weighted by Crippen LogP contribution is -2.15. The molecule has 0 amide bonds. The van der Waals surface area contributed by atoms with Gasteiger partial charge < -0.3 is 28.4 Å². The predicted octanol–water partition coefficient (Wildman–Crippen LogP) is 4.98. The molecule has 0 aliphatic rings. The van der Waals surface area contributed by atoms with Gasteiger partial charge in [-0.2, -0.15) is 0 Å². The van der Waals surface area contributed by atoms with Crippen molar-refractivity contribution in [1.29, 1.82) is 0 Å². The van der Waals surface area contributed by atoms with Gasteiger partial charge >= 0.3 is 11.9 Å². The highest BCUT2D eigenvalue weighted by atomic mass is 16.7. The van der Waals surface area contributed by atoms with Crippen molar-refractivity contribution < 1.29 is 42.8 Å². The van der Waals surface area contributed by atoms with Gasteiger partial charge in [-0.15, -0.1) is 6.58 Å². The summed E-state index contributed by atoms with van der Waals surface area (Å²) in [5.74, 6) is -0.686. The Kier molecular flexibility index (Phi) is 14.5. The van der Waals surface area contributed by atoms with E-state index in [1.54, 1.807) is 13.8 Å². The molecule has 0 bridgehead atoms. The number of hydrogen-bond acceptors (Lipinski definition) is 9. The van der Waals surface area contributed by atoms with Crippen LogP contribution in [0.25, 0.3) is 0 Å². The van der Waals surface area contributed by atoms with Gasteiger partial charge in [-0.25, -0.2) is 9.59 Å². The predicted molar refractivity (Wildman–Crippen MR) is 133 cm³/mol. The van der Waals surface area contributed by atoms with Crippen molar-refractivity contribution in [2.75, 3.05) is 40.0 Å². The largest absolute Gasteiger partial charge is 0.473 e. The molecule has 0 aromatic heterocycles. The summed E-state index contributed by atoms with van der Waals surface area (Å²) in [6.07, 6.45) is 1.35. The summed E-state index contributed by atoms with van der Waals surface area (Å²) >= 11 is 0. The molecule has 0 aliphatic heterocycles. The first-order valence-corrected chi connectivity index (χ1v) is 11.5. The number of Topliss-reactive ketones (excluding diaryl/α,β-unsaturated/α-hetero) is 1. The molecule has 0 heterocycles. The molecule has 9 nitrogen and oxygen atoms in total. The highest BCUT2D eigenvalue weighted by Crippen LogP contribution is 2.16. The van der Waals surface area contributed by atoms with Crippen LogP contribution in [0.1, 0.15) is 71.1 Å². The number of allylic oxidation sites excluding steroid dienone is 3. The highest BCUT2D eigenvalue weighted by Gasteiger charge is 2.18. The fourth-order valence-corrected chi connectivity index (χ4v) is 2.63. The molecule has 36 heavy (non-hydrogen) atoms. The summed E-state index contributed by atoms with van der Waals surface area (Å²) in [4.78, 5) is 37.9. The van der Waals surface area contributed by atoms with E-state index in [-0.39, 0.29) is 68.9 Å². The van der Waals surface area contributed by atoms with Crippen LogP contribution >= 0.6 is 0 Å². The van der Waals surface area contributed by atoms with Gasteiger partial charge in [0.1, 0.15) is 6.61 Å². The van der Waals surface area contributed by atoms with E-state index in [1.807, 2.05) is 6.92 Å². The van der Waals surface area contributed by atoms with Crippen LogP contribution in [-0.4, -0.2) is 57.7 Å². The van der Waals surface area contributed by atoms with E-state index in [1.165, 1.54) is 18.2 Å². The molecule has 9 heteroatoms. The molecule has 1 aromatic rings. The van der Waals surface area contributed by atoms with Crippen molar-refractivity contribution in [3.8, 4) is 0 Å². The van der Waals surface area contributed by atoms with Crippen LogP contribution in [0.5, 0.6) is 0 Å². The SMILES string of the molecule is C=C(C)CCCOC(=O)c1cc(C(=O)CCOCOC(=C)C)cc(C(=O)OCCOCOC(=C)C)c1. The summed E-state index contributed by atoms with van der Waals surface area (Å²) in [7, 11) is 0. The van der Waals surface area contributed by atoms with E-state index in [0.717, 1.165) is 12.0 Å². The van der Waals surface area contributed by atoms with E-state index < -0.39 is 11.9 Å². The third-order valence-electron chi connectivity index (χ3n) is 4.42. The molecule has 0 spiro atoms. The number of hydrogen-bond donors (Lipinski definition) is 0. The van der Waals surface area contributed by atoms with Crippen molar-refractivity contribution in [3.05, 3.63) is 71.7 Å².